The zero-order valence-electron chi connectivity index (χ0n) is 6.45. The number of unbranched alkanes of at least 4 members (excludes halogenated alkanes) is 1. The number of carbonyl (C=O) groups is 1. The van der Waals surface area contributed by atoms with Gasteiger partial charge in [-0.05, 0) is 19.4 Å². The Morgan fingerprint density at radius 3 is 2.27 bits per heavy atom. The summed E-state index contributed by atoms with van der Waals surface area (Å²) in [5.41, 5.74) is 15.5. The highest BCUT2D eigenvalue weighted by Crippen LogP contribution is 1.96. The van der Waals surface area contributed by atoms with E-state index in [1.807, 2.05) is 0 Å². The van der Waals surface area contributed by atoms with E-state index in [-0.39, 0.29) is 12.4 Å². The molecule has 4 nitrogen and oxygen atoms in total. The largest absolute Gasteiger partial charge is 0.368 e. The summed E-state index contributed by atoms with van der Waals surface area (Å²) in [4.78, 5) is 10.4. The van der Waals surface area contributed by atoms with E-state index in [1.165, 1.54) is 0 Å². The maximum atomic E-state index is 10.4. The monoisotopic (exact) mass is 181 g/mol. The Morgan fingerprint density at radius 1 is 1.36 bits per heavy atom. The number of carbonyl (C=O) groups excluding carboxylic acids is 1. The SMILES string of the molecule is Cl.NCCCC[C@H](N)C(N)=O. The number of primary amides is 1. The van der Waals surface area contributed by atoms with Gasteiger partial charge in [0.15, 0.2) is 0 Å². The van der Waals surface area contributed by atoms with Crippen molar-refractivity contribution in [2.45, 2.75) is 25.3 Å². The molecule has 0 bridgehead atoms. The molecule has 5 heteroatoms. The van der Waals surface area contributed by atoms with E-state index in [4.69, 9.17) is 17.2 Å². The van der Waals surface area contributed by atoms with E-state index < -0.39 is 11.9 Å². The summed E-state index contributed by atoms with van der Waals surface area (Å²) in [6.45, 7) is 0.644. The van der Waals surface area contributed by atoms with E-state index >= 15 is 0 Å². The van der Waals surface area contributed by atoms with Crippen molar-refractivity contribution in [2.75, 3.05) is 6.54 Å². The minimum atomic E-state index is -0.494. The van der Waals surface area contributed by atoms with Gasteiger partial charge in [0, 0.05) is 0 Å². The van der Waals surface area contributed by atoms with Gasteiger partial charge in [0.25, 0.3) is 0 Å². The highest BCUT2D eigenvalue weighted by Gasteiger charge is 2.06. The van der Waals surface area contributed by atoms with E-state index in [0.29, 0.717) is 13.0 Å². The molecular weight excluding hydrogens is 166 g/mol. The van der Waals surface area contributed by atoms with E-state index in [9.17, 15) is 4.79 Å². The van der Waals surface area contributed by atoms with Crippen LogP contribution in [0.1, 0.15) is 19.3 Å². The Morgan fingerprint density at radius 2 is 1.91 bits per heavy atom. The topological polar surface area (TPSA) is 95.1 Å². The first-order chi connectivity index (χ1) is 4.68. The molecular formula is C6H16ClN3O. The molecule has 11 heavy (non-hydrogen) atoms. The van der Waals surface area contributed by atoms with Crippen LogP contribution in [0.25, 0.3) is 0 Å². The predicted octanol–water partition coefficient (Wildman–Crippen LogP) is -0.650. The third-order valence-corrected chi connectivity index (χ3v) is 1.33. The summed E-state index contributed by atoms with van der Waals surface area (Å²) in [7, 11) is 0. The lowest BCUT2D eigenvalue weighted by molar-refractivity contribution is -0.119. The fourth-order valence-corrected chi connectivity index (χ4v) is 0.651. The molecule has 0 unspecified atom stereocenters. The van der Waals surface area contributed by atoms with Gasteiger partial charge in [0.2, 0.25) is 5.91 Å². The summed E-state index contributed by atoms with van der Waals surface area (Å²) in [6.07, 6.45) is 2.42. The van der Waals surface area contributed by atoms with Gasteiger partial charge in [-0.3, -0.25) is 4.79 Å². The van der Waals surface area contributed by atoms with Crippen LogP contribution in [0, 0.1) is 0 Å². The summed E-state index contributed by atoms with van der Waals surface area (Å²) >= 11 is 0. The zero-order chi connectivity index (χ0) is 7.98. The molecule has 0 aliphatic carbocycles. The van der Waals surface area contributed by atoms with Gasteiger partial charge in [-0.25, -0.2) is 0 Å². The average molecular weight is 182 g/mol. The van der Waals surface area contributed by atoms with Crippen LogP contribution < -0.4 is 17.2 Å². The zero-order valence-corrected chi connectivity index (χ0v) is 7.27. The second kappa shape index (κ2) is 7.78. The van der Waals surface area contributed by atoms with Gasteiger partial charge in [-0.1, -0.05) is 6.42 Å². The molecule has 0 rings (SSSR count). The highest BCUT2D eigenvalue weighted by atomic mass is 35.5. The Bertz CT molecular complexity index is 110. The number of rotatable bonds is 5. The Hall–Kier alpha value is -0.320. The normalized spacial score (nSPS) is 11.8. The molecule has 0 radical (unpaired) electrons. The van der Waals surface area contributed by atoms with E-state index in [2.05, 4.69) is 0 Å². The van der Waals surface area contributed by atoms with Crippen LogP contribution in [-0.2, 0) is 4.79 Å². The van der Waals surface area contributed by atoms with Crippen molar-refractivity contribution in [3.8, 4) is 0 Å². The molecule has 0 aliphatic heterocycles. The summed E-state index contributed by atoms with van der Waals surface area (Å²) < 4.78 is 0. The number of halogens is 1. The third-order valence-electron chi connectivity index (χ3n) is 1.33. The minimum absolute atomic E-state index is 0. The van der Waals surface area contributed by atoms with Crippen LogP contribution in [0.3, 0.4) is 0 Å². The summed E-state index contributed by atoms with van der Waals surface area (Å²) in [6, 6.07) is -0.494. The summed E-state index contributed by atoms with van der Waals surface area (Å²) in [5, 5.41) is 0. The molecule has 0 saturated carbocycles. The van der Waals surface area contributed by atoms with Crippen LogP contribution in [0.5, 0.6) is 0 Å². The lowest BCUT2D eigenvalue weighted by atomic mass is 10.1. The molecule has 0 aromatic heterocycles. The van der Waals surface area contributed by atoms with Gasteiger partial charge >= 0.3 is 0 Å². The van der Waals surface area contributed by atoms with Crippen molar-refractivity contribution in [3.63, 3.8) is 0 Å². The molecule has 0 heterocycles. The van der Waals surface area contributed by atoms with Crippen molar-refractivity contribution < 1.29 is 4.79 Å². The minimum Gasteiger partial charge on any atom is -0.368 e. The number of nitrogens with two attached hydrogens (primary N) is 3. The van der Waals surface area contributed by atoms with Crippen LogP contribution >= 0.6 is 12.4 Å². The Balaban J connectivity index is 0. The molecule has 0 fully saturated rings. The molecule has 1 amide bonds. The van der Waals surface area contributed by atoms with Crippen LogP contribution in [0.4, 0.5) is 0 Å². The van der Waals surface area contributed by atoms with Crippen molar-refractivity contribution in [1.29, 1.82) is 0 Å². The lowest BCUT2D eigenvalue weighted by Crippen LogP contribution is -2.36. The van der Waals surface area contributed by atoms with Crippen molar-refractivity contribution in [2.24, 2.45) is 17.2 Å². The third kappa shape index (κ3) is 7.58. The van der Waals surface area contributed by atoms with Crippen molar-refractivity contribution in [1.82, 2.24) is 0 Å². The summed E-state index contributed by atoms with van der Waals surface area (Å²) in [5.74, 6) is -0.433. The first-order valence-corrected chi connectivity index (χ1v) is 3.43. The Kier molecular flexibility index (Phi) is 9.40. The fraction of sp³-hybridized carbons (Fsp3) is 0.833. The molecule has 6 N–H and O–H groups in total. The van der Waals surface area contributed by atoms with Gasteiger partial charge in [-0.2, -0.15) is 0 Å². The predicted molar refractivity (Wildman–Crippen MR) is 47.3 cm³/mol. The fourth-order valence-electron chi connectivity index (χ4n) is 0.651. The van der Waals surface area contributed by atoms with Crippen molar-refractivity contribution in [3.05, 3.63) is 0 Å². The van der Waals surface area contributed by atoms with Crippen molar-refractivity contribution >= 4 is 18.3 Å². The van der Waals surface area contributed by atoms with Crippen LogP contribution in [0.2, 0.25) is 0 Å². The molecule has 0 aromatic rings. The molecule has 0 aliphatic rings. The van der Waals surface area contributed by atoms with Gasteiger partial charge < -0.3 is 17.2 Å². The standard InChI is InChI=1S/C6H15N3O.ClH/c7-4-2-1-3-5(8)6(9)10;/h5H,1-4,7-8H2,(H2,9,10);1H/t5-;/m0./s1. The maximum Gasteiger partial charge on any atom is 0.234 e. The van der Waals surface area contributed by atoms with Crippen LogP contribution in [0.15, 0.2) is 0 Å². The highest BCUT2D eigenvalue weighted by molar-refractivity contribution is 5.85. The van der Waals surface area contributed by atoms with E-state index in [1.54, 1.807) is 0 Å². The first-order valence-electron chi connectivity index (χ1n) is 3.43. The molecule has 0 saturated heterocycles. The van der Waals surface area contributed by atoms with Gasteiger partial charge in [-0.15, -0.1) is 12.4 Å². The number of hydrogen-bond donors (Lipinski definition) is 3. The quantitative estimate of drug-likeness (QED) is 0.492. The van der Waals surface area contributed by atoms with Crippen LogP contribution in [-0.4, -0.2) is 18.5 Å². The molecule has 0 spiro atoms. The van der Waals surface area contributed by atoms with Gasteiger partial charge in [0.05, 0.1) is 6.04 Å². The Labute approximate surface area is 72.9 Å². The molecule has 0 aromatic carbocycles. The lowest BCUT2D eigenvalue weighted by Gasteiger charge is -2.04. The van der Waals surface area contributed by atoms with Gasteiger partial charge in [0.1, 0.15) is 0 Å². The molecule has 68 valence electrons. The molecule has 1 atom stereocenters. The first kappa shape index (κ1) is 13.3. The number of amides is 1. The second-order valence-electron chi connectivity index (χ2n) is 2.29. The maximum absolute atomic E-state index is 10.4. The average Bonchev–Trinajstić information content (AvgIpc) is 1.88. The smallest absolute Gasteiger partial charge is 0.234 e. The van der Waals surface area contributed by atoms with E-state index in [0.717, 1.165) is 12.8 Å². The number of hydrogen-bond acceptors (Lipinski definition) is 3. The second-order valence-corrected chi connectivity index (χ2v) is 2.29.